The number of hydrogen-bond donors (Lipinski definition) is 1. The van der Waals surface area contributed by atoms with Crippen molar-refractivity contribution in [1.82, 2.24) is 14.9 Å². The van der Waals surface area contributed by atoms with E-state index >= 15 is 0 Å². The maximum Gasteiger partial charge on any atom is 0.410 e. The van der Waals surface area contributed by atoms with E-state index in [0.717, 1.165) is 6.42 Å². The molecule has 7 heteroatoms. The number of aliphatic hydroxyl groups excluding tert-OH is 1. The molecule has 1 N–H and O–H groups in total. The summed E-state index contributed by atoms with van der Waals surface area (Å²) in [6.45, 7) is 5.20. The Kier molecular flexibility index (Phi) is 6.50. The molecule has 6 nitrogen and oxygen atoms in total. The van der Waals surface area contributed by atoms with Crippen LogP contribution in [0.3, 0.4) is 0 Å². The molecule has 146 valence electrons. The zero-order valence-corrected chi connectivity index (χ0v) is 16.4. The Morgan fingerprint density at radius 3 is 2.67 bits per heavy atom. The van der Waals surface area contributed by atoms with E-state index in [1.54, 1.807) is 23.4 Å². The van der Waals surface area contributed by atoms with Gasteiger partial charge >= 0.3 is 6.09 Å². The maximum absolute atomic E-state index is 12.7. The van der Waals surface area contributed by atoms with E-state index in [0.29, 0.717) is 30.4 Å². The van der Waals surface area contributed by atoms with Crippen molar-refractivity contribution in [1.29, 1.82) is 0 Å². The molecule has 1 saturated heterocycles. The second-order valence-electron chi connectivity index (χ2n) is 7.37. The quantitative estimate of drug-likeness (QED) is 0.780. The second-order valence-corrected chi connectivity index (χ2v) is 7.81. The van der Waals surface area contributed by atoms with Crippen LogP contribution >= 0.6 is 11.6 Å². The lowest BCUT2D eigenvalue weighted by molar-refractivity contribution is 0.0343. The van der Waals surface area contributed by atoms with Gasteiger partial charge in [-0.25, -0.2) is 14.8 Å². The Balaban J connectivity index is 1.63. The van der Waals surface area contributed by atoms with E-state index in [4.69, 9.17) is 16.3 Å². The first-order valence-corrected chi connectivity index (χ1v) is 9.78. The summed E-state index contributed by atoms with van der Waals surface area (Å²) in [6, 6.07) is 0. The molecule has 0 saturated carbocycles. The summed E-state index contributed by atoms with van der Waals surface area (Å²) >= 11 is 5.84. The molecule has 1 aromatic heterocycles. The van der Waals surface area contributed by atoms with Gasteiger partial charge in [0.05, 0.1) is 11.1 Å². The Bertz CT molecular complexity index is 707. The smallest absolute Gasteiger partial charge is 0.410 e. The normalized spacial score (nSPS) is 31.3. The van der Waals surface area contributed by atoms with Crippen molar-refractivity contribution in [3.8, 4) is 0 Å². The van der Waals surface area contributed by atoms with Crippen molar-refractivity contribution in [2.45, 2.75) is 44.8 Å². The first kappa shape index (κ1) is 19.8. The summed E-state index contributed by atoms with van der Waals surface area (Å²) in [5, 5.41) is 10.4. The number of aliphatic hydroxyl groups is 1. The number of hydrogen-bond acceptors (Lipinski definition) is 5. The Labute approximate surface area is 164 Å². The Hall–Kier alpha value is -1.92. The third-order valence-corrected chi connectivity index (χ3v) is 5.37. The van der Waals surface area contributed by atoms with Gasteiger partial charge in [0.15, 0.2) is 0 Å². The van der Waals surface area contributed by atoms with Gasteiger partial charge in [-0.05, 0) is 12.8 Å². The molecule has 5 unspecified atom stereocenters. The molecule has 1 aromatic rings. The Morgan fingerprint density at radius 1 is 1.22 bits per heavy atom. The molecule has 1 fully saturated rings. The standard InChI is InChI=1S/C20H26ClN3O3/c1-13-4-3-5-17(25)7-6-14(2)18(13)27-20(26)24-9-8-15(12-24)19-22-10-16(21)11-23-19/h3-4,6-7,10-11,13-15,17-18,25H,5,8-9,12H2,1-2H3. The van der Waals surface area contributed by atoms with Crippen molar-refractivity contribution >= 4 is 17.7 Å². The molecule has 3 rings (SSSR count). The third-order valence-electron chi connectivity index (χ3n) is 5.18. The van der Waals surface area contributed by atoms with Crippen molar-refractivity contribution < 1.29 is 14.6 Å². The summed E-state index contributed by atoms with van der Waals surface area (Å²) in [6.07, 6.45) is 11.1. The zero-order valence-electron chi connectivity index (χ0n) is 15.7. The number of rotatable bonds is 2. The van der Waals surface area contributed by atoms with Crippen LogP contribution in [0.15, 0.2) is 36.7 Å². The zero-order chi connectivity index (χ0) is 19.4. The molecule has 0 bridgehead atoms. The molecule has 1 aliphatic carbocycles. The highest BCUT2D eigenvalue weighted by atomic mass is 35.5. The molecule has 0 aromatic carbocycles. The van der Waals surface area contributed by atoms with Crippen molar-refractivity contribution in [2.24, 2.45) is 11.8 Å². The van der Waals surface area contributed by atoms with Gasteiger partial charge in [-0.3, -0.25) is 0 Å². The lowest BCUT2D eigenvalue weighted by Gasteiger charge is -2.28. The summed E-state index contributed by atoms with van der Waals surface area (Å²) in [7, 11) is 0. The summed E-state index contributed by atoms with van der Waals surface area (Å²) in [5.41, 5.74) is 0. The van der Waals surface area contributed by atoms with Gasteiger partial charge in [-0.1, -0.05) is 49.8 Å². The fourth-order valence-corrected chi connectivity index (χ4v) is 3.69. The van der Waals surface area contributed by atoms with Crippen LogP contribution in [0.5, 0.6) is 0 Å². The molecule has 2 aliphatic rings. The fraction of sp³-hybridized carbons (Fsp3) is 0.550. The minimum absolute atomic E-state index is 0.0133. The largest absolute Gasteiger partial charge is 0.445 e. The predicted molar refractivity (Wildman–Crippen MR) is 103 cm³/mol. The van der Waals surface area contributed by atoms with E-state index in [-0.39, 0.29) is 30.0 Å². The number of likely N-dealkylation sites (tertiary alicyclic amines) is 1. The number of ether oxygens (including phenoxy) is 1. The van der Waals surface area contributed by atoms with Gasteiger partial charge in [0, 0.05) is 43.2 Å². The van der Waals surface area contributed by atoms with Gasteiger partial charge in [-0.2, -0.15) is 0 Å². The molecule has 1 aliphatic heterocycles. The first-order chi connectivity index (χ1) is 12.9. The lowest BCUT2D eigenvalue weighted by atomic mass is 9.93. The third kappa shape index (κ3) is 5.08. The highest BCUT2D eigenvalue weighted by Gasteiger charge is 2.33. The minimum atomic E-state index is -0.496. The van der Waals surface area contributed by atoms with Crippen LogP contribution < -0.4 is 0 Å². The second kappa shape index (κ2) is 8.85. The van der Waals surface area contributed by atoms with Crippen LogP contribution in [0.25, 0.3) is 0 Å². The number of amides is 1. The van der Waals surface area contributed by atoms with Gasteiger partial charge in [0.2, 0.25) is 0 Å². The highest BCUT2D eigenvalue weighted by Crippen LogP contribution is 2.28. The number of carbonyl (C=O) groups excluding carboxylic acids is 1. The maximum atomic E-state index is 12.7. The van der Waals surface area contributed by atoms with Gasteiger partial charge in [0.25, 0.3) is 0 Å². The van der Waals surface area contributed by atoms with E-state index in [1.807, 2.05) is 32.1 Å². The fourth-order valence-electron chi connectivity index (χ4n) is 3.59. The topological polar surface area (TPSA) is 75.6 Å². The van der Waals surface area contributed by atoms with E-state index in [1.165, 1.54) is 0 Å². The Morgan fingerprint density at radius 2 is 1.93 bits per heavy atom. The van der Waals surface area contributed by atoms with Crippen LogP contribution in [-0.2, 0) is 4.74 Å². The lowest BCUT2D eigenvalue weighted by Crippen LogP contribution is -2.37. The summed E-state index contributed by atoms with van der Waals surface area (Å²) < 4.78 is 5.87. The van der Waals surface area contributed by atoms with Gasteiger partial charge in [0.1, 0.15) is 11.9 Å². The highest BCUT2D eigenvalue weighted by molar-refractivity contribution is 6.30. The van der Waals surface area contributed by atoms with E-state index < -0.39 is 6.10 Å². The number of aromatic nitrogens is 2. The molecular formula is C20H26ClN3O3. The number of nitrogens with zero attached hydrogens (tertiary/aromatic N) is 3. The average Bonchev–Trinajstić information content (AvgIpc) is 3.15. The van der Waals surface area contributed by atoms with Crippen LogP contribution in [0.2, 0.25) is 5.02 Å². The van der Waals surface area contributed by atoms with Gasteiger partial charge < -0.3 is 14.7 Å². The van der Waals surface area contributed by atoms with E-state index in [2.05, 4.69) is 9.97 Å². The number of halogens is 1. The molecule has 1 amide bonds. The predicted octanol–water partition coefficient (Wildman–Crippen LogP) is 3.57. The molecule has 5 atom stereocenters. The van der Waals surface area contributed by atoms with Crippen LogP contribution in [0.4, 0.5) is 4.79 Å². The molecule has 0 radical (unpaired) electrons. The monoisotopic (exact) mass is 391 g/mol. The molecule has 27 heavy (non-hydrogen) atoms. The van der Waals surface area contributed by atoms with Crippen LogP contribution in [0.1, 0.15) is 38.4 Å². The summed E-state index contributed by atoms with van der Waals surface area (Å²) in [5.74, 6) is 0.884. The molecule has 2 heterocycles. The van der Waals surface area contributed by atoms with Gasteiger partial charge in [-0.15, -0.1) is 0 Å². The summed E-state index contributed by atoms with van der Waals surface area (Å²) in [4.78, 5) is 23.0. The van der Waals surface area contributed by atoms with Crippen molar-refractivity contribution in [3.05, 3.63) is 47.5 Å². The molecule has 0 spiro atoms. The van der Waals surface area contributed by atoms with Crippen LogP contribution in [-0.4, -0.2) is 51.4 Å². The van der Waals surface area contributed by atoms with Crippen molar-refractivity contribution in [2.75, 3.05) is 13.1 Å². The van der Waals surface area contributed by atoms with Crippen molar-refractivity contribution in [3.63, 3.8) is 0 Å². The molecular weight excluding hydrogens is 366 g/mol. The van der Waals surface area contributed by atoms with E-state index in [9.17, 15) is 9.90 Å². The van der Waals surface area contributed by atoms with Crippen LogP contribution in [0, 0.1) is 11.8 Å². The first-order valence-electron chi connectivity index (χ1n) is 9.40. The average molecular weight is 392 g/mol. The number of carbonyl (C=O) groups is 1. The minimum Gasteiger partial charge on any atom is -0.445 e. The SMILES string of the molecule is CC1C=CCC(O)C=CC(C)C1OC(=O)N1CCC(c2ncc(Cl)cn2)C1.